The molecule has 1 rings (SSSR count). The molecule has 2 nitrogen and oxygen atoms in total. The van der Waals surface area contributed by atoms with Crippen molar-refractivity contribution in [3.05, 3.63) is 0 Å². The Balaban J connectivity index is 2.37. The van der Waals surface area contributed by atoms with E-state index in [4.69, 9.17) is 0 Å². The molecule has 1 fully saturated rings. The van der Waals surface area contributed by atoms with Gasteiger partial charge < -0.3 is 5.32 Å². The fourth-order valence-electron chi connectivity index (χ4n) is 2.36. The number of rotatable bonds is 6. The molecule has 1 aliphatic heterocycles. The Labute approximate surface area is 106 Å². The van der Waals surface area contributed by atoms with E-state index in [2.05, 4.69) is 42.7 Å². The summed E-state index contributed by atoms with van der Waals surface area (Å²) in [6.45, 7) is 10.7. The van der Waals surface area contributed by atoms with Gasteiger partial charge in [-0.25, -0.2) is 0 Å². The molecule has 0 saturated carbocycles. The van der Waals surface area contributed by atoms with E-state index in [1.165, 1.54) is 50.4 Å². The van der Waals surface area contributed by atoms with Crippen LogP contribution in [0.2, 0.25) is 0 Å². The van der Waals surface area contributed by atoms with Crippen molar-refractivity contribution in [2.75, 3.05) is 31.1 Å². The molecule has 2 atom stereocenters. The average molecular weight is 244 g/mol. The van der Waals surface area contributed by atoms with Gasteiger partial charge in [-0.15, -0.1) is 0 Å². The summed E-state index contributed by atoms with van der Waals surface area (Å²) >= 11 is 2.07. The highest BCUT2D eigenvalue weighted by atomic mass is 32.2. The zero-order chi connectivity index (χ0) is 11.8. The maximum Gasteiger partial charge on any atom is 0.0195 e. The summed E-state index contributed by atoms with van der Waals surface area (Å²) in [5.74, 6) is 2.53. The topological polar surface area (TPSA) is 15.3 Å². The van der Waals surface area contributed by atoms with Gasteiger partial charge in [0.25, 0.3) is 0 Å². The second-order valence-corrected chi connectivity index (χ2v) is 6.12. The number of nitrogens with zero attached hydrogens (tertiary/aromatic N) is 1. The number of hydrogen-bond donors (Lipinski definition) is 1. The summed E-state index contributed by atoms with van der Waals surface area (Å²) in [5.41, 5.74) is 0. The minimum atomic E-state index is 0.724. The lowest BCUT2D eigenvalue weighted by Crippen LogP contribution is -2.42. The molecule has 2 unspecified atom stereocenters. The van der Waals surface area contributed by atoms with Crippen LogP contribution in [0.1, 0.15) is 40.0 Å². The lowest BCUT2D eigenvalue weighted by molar-refractivity contribution is 0.217. The highest BCUT2D eigenvalue weighted by molar-refractivity contribution is 7.99. The maximum absolute atomic E-state index is 3.67. The van der Waals surface area contributed by atoms with Crippen LogP contribution in [0, 0.1) is 0 Å². The van der Waals surface area contributed by atoms with Gasteiger partial charge >= 0.3 is 0 Å². The third-order valence-electron chi connectivity index (χ3n) is 3.33. The van der Waals surface area contributed by atoms with Crippen LogP contribution in [0.15, 0.2) is 0 Å². The lowest BCUT2D eigenvalue weighted by atomic mass is 10.1. The van der Waals surface area contributed by atoms with Gasteiger partial charge in [0.1, 0.15) is 0 Å². The lowest BCUT2D eigenvalue weighted by Gasteiger charge is -2.29. The molecule has 0 aromatic rings. The van der Waals surface area contributed by atoms with Crippen molar-refractivity contribution in [2.45, 2.75) is 52.1 Å². The van der Waals surface area contributed by atoms with E-state index in [0.717, 1.165) is 12.1 Å². The highest BCUT2D eigenvalue weighted by Gasteiger charge is 2.20. The van der Waals surface area contributed by atoms with Gasteiger partial charge in [0.05, 0.1) is 0 Å². The first-order valence-corrected chi connectivity index (χ1v) is 7.98. The fraction of sp³-hybridized carbons (Fsp3) is 1.00. The van der Waals surface area contributed by atoms with Crippen LogP contribution in [0.25, 0.3) is 0 Å². The standard InChI is InChI=1S/C13H28N2S/c1-4-7-13-10-15(9-6-8-14-13)12(3)11-16-5-2/h12-14H,4-11H2,1-3H3. The predicted octanol–water partition coefficient (Wildman–Crippen LogP) is 2.59. The van der Waals surface area contributed by atoms with E-state index in [1.807, 2.05) is 0 Å². The minimum Gasteiger partial charge on any atom is -0.313 e. The molecule has 1 heterocycles. The van der Waals surface area contributed by atoms with Crippen molar-refractivity contribution in [3.63, 3.8) is 0 Å². The van der Waals surface area contributed by atoms with E-state index in [0.29, 0.717) is 0 Å². The second-order valence-electron chi connectivity index (χ2n) is 4.80. The molecule has 0 bridgehead atoms. The molecule has 1 aliphatic rings. The SMILES string of the molecule is CCCC1CN(C(C)CSCC)CCCN1. The van der Waals surface area contributed by atoms with Crippen molar-refractivity contribution in [3.8, 4) is 0 Å². The van der Waals surface area contributed by atoms with Crippen molar-refractivity contribution < 1.29 is 0 Å². The smallest absolute Gasteiger partial charge is 0.0195 e. The van der Waals surface area contributed by atoms with Crippen LogP contribution >= 0.6 is 11.8 Å². The maximum atomic E-state index is 3.67. The van der Waals surface area contributed by atoms with E-state index in [-0.39, 0.29) is 0 Å². The number of thioether (sulfide) groups is 1. The van der Waals surface area contributed by atoms with E-state index in [1.54, 1.807) is 0 Å². The van der Waals surface area contributed by atoms with Gasteiger partial charge in [-0.3, -0.25) is 4.90 Å². The first kappa shape index (κ1) is 14.3. The summed E-state index contributed by atoms with van der Waals surface area (Å²) in [4.78, 5) is 2.68. The van der Waals surface area contributed by atoms with Crippen molar-refractivity contribution in [2.24, 2.45) is 0 Å². The van der Waals surface area contributed by atoms with Gasteiger partial charge in [-0.2, -0.15) is 11.8 Å². The Hall–Kier alpha value is 0.270. The molecule has 1 N–H and O–H groups in total. The zero-order valence-electron chi connectivity index (χ0n) is 11.2. The molecular formula is C13H28N2S. The summed E-state index contributed by atoms with van der Waals surface area (Å²) in [5, 5.41) is 3.67. The van der Waals surface area contributed by atoms with Crippen molar-refractivity contribution >= 4 is 11.8 Å². The normalized spacial score (nSPS) is 25.3. The largest absolute Gasteiger partial charge is 0.313 e. The highest BCUT2D eigenvalue weighted by Crippen LogP contribution is 2.13. The van der Waals surface area contributed by atoms with Crippen molar-refractivity contribution in [1.82, 2.24) is 10.2 Å². The molecule has 0 spiro atoms. The van der Waals surface area contributed by atoms with Gasteiger partial charge in [0.2, 0.25) is 0 Å². The first-order chi connectivity index (χ1) is 7.77. The minimum absolute atomic E-state index is 0.724. The average Bonchev–Trinajstić information content (AvgIpc) is 2.52. The van der Waals surface area contributed by atoms with Gasteiger partial charge in [0, 0.05) is 24.4 Å². The van der Waals surface area contributed by atoms with Gasteiger partial charge in [0.15, 0.2) is 0 Å². The Kier molecular flexibility index (Phi) is 7.50. The summed E-state index contributed by atoms with van der Waals surface area (Å²) in [6, 6.07) is 1.46. The molecule has 0 amide bonds. The molecule has 3 heteroatoms. The van der Waals surface area contributed by atoms with Crippen LogP contribution in [-0.2, 0) is 0 Å². The van der Waals surface area contributed by atoms with Crippen LogP contribution < -0.4 is 5.32 Å². The van der Waals surface area contributed by atoms with Gasteiger partial charge in [-0.05, 0) is 38.6 Å². The molecule has 0 aromatic carbocycles. The van der Waals surface area contributed by atoms with Crippen LogP contribution in [0.4, 0.5) is 0 Å². The number of nitrogens with one attached hydrogen (secondary N) is 1. The Morgan fingerprint density at radius 2 is 2.25 bits per heavy atom. The predicted molar refractivity (Wildman–Crippen MR) is 75.3 cm³/mol. The van der Waals surface area contributed by atoms with Crippen molar-refractivity contribution in [1.29, 1.82) is 0 Å². The van der Waals surface area contributed by atoms with E-state index >= 15 is 0 Å². The molecule has 0 aliphatic carbocycles. The molecule has 16 heavy (non-hydrogen) atoms. The third-order valence-corrected chi connectivity index (χ3v) is 4.46. The van der Waals surface area contributed by atoms with Crippen LogP contribution in [0.3, 0.4) is 0 Å². The summed E-state index contributed by atoms with van der Waals surface area (Å²) < 4.78 is 0. The number of hydrogen-bond acceptors (Lipinski definition) is 3. The Bertz CT molecular complexity index is 175. The fourth-order valence-corrected chi connectivity index (χ4v) is 3.15. The van der Waals surface area contributed by atoms with Gasteiger partial charge in [-0.1, -0.05) is 20.3 Å². The summed E-state index contributed by atoms with van der Waals surface area (Å²) in [7, 11) is 0. The second kappa shape index (κ2) is 8.37. The Morgan fingerprint density at radius 1 is 1.44 bits per heavy atom. The Morgan fingerprint density at radius 3 is 2.94 bits per heavy atom. The van der Waals surface area contributed by atoms with E-state index in [9.17, 15) is 0 Å². The monoisotopic (exact) mass is 244 g/mol. The molecular weight excluding hydrogens is 216 g/mol. The molecule has 96 valence electrons. The molecule has 0 radical (unpaired) electrons. The quantitative estimate of drug-likeness (QED) is 0.773. The first-order valence-electron chi connectivity index (χ1n) is 6.83. The molecule has 1 saturated heterocycles. The third kappa shape index (κ3) is 5.07. The zero-order valence-corrected chi connectivity index (χ0v) is 12.0. The molecule has 0 aromatic heterocycles. The van der Waals surface area contributed by atoms with Crippen LogP contribution in [-0.4, -0.2) is 48.1 Å². The van der Waals surface area contributed by atoms with E-state index < -0.39 is 0 Å². The van der Waals surface area contributed by atoms with Crippen LogP contribution in [0.5, 0.6) is 0 Å². The summed E-state index contributed by atoms with van der Waals surface area (Å²) in [6.07, 6.45) is 3.93.